The van der Waals surface area contributed by atoms with Crippen molar-refractivity contribution in [2.24, 2.45) is 0 Å². The minimum atomic E-state index is 0. The van der Waals surface area contributed by atoms with Gasteiger partial charge in [0.25, 0.3) is 0 Å². The van der Waals surface area contributed by atoms with Gasteiger partial charge in [-0.3, -0.25) is 4.79 Å². The van der Waals surface area contributed by atoms with Crippen LogP contribution in [0.25, 0.3) is 0 Å². The number of nitrogens with one attached hydrogen (secondary N) is 1. The summed E-state index contributed by atoms with van der Waals surface area (Å²) in [7, 11) is 0. The quantitative estimate of drug-likeness (QED) is 0.703. The molecule has 12 heavy (non-hydrogen) atoms. The van der Waals surface area contributed by atoms with Crippen LogP contribution in [-0.2, 0) is 13.0 Å². The van der Waals surface area contributed by atoms with E-state index < -0.39 is 0 Å². The van der Waals surface area contributed by atoms with Gasteiger partial charge in [-0.1, -0.05) is 0 Å². The van der Waals surface area contributed by atoms with Crippen LogP contribution in [0, 0.1) is 0 Å². The van der Waals surface area contributed by atoms with Crippen LogP contribution in [0.2, 0.25) is 0 Å². The van der Waals surface area contributed by atoms with Gasteiger partial charge in [-0.15, -0.1) is 23.7 Å². The van der Waals surface area contributed by atoms with Crippen LogP contribution in [0.5, 0.6) is 0 Å². The lowest BCUT2D eigenvalue weighted by Gasteiger charge is -2.12. The molecule has 2 heterocycles. The van der Waals surface area contributed by atoms with Crippen LogP contribution in [0.1, 0.15) is 20.8 Å². The van der Waals surface area contributed by atoms with Crippen LogP contribution < -0.4 is 5.32 Å². The smallest absolute Gasteiger partial charge is 0.151 e. The van der Waals surface area contributed by atoms with E-state index in [0.29, 0.717) is 0 Å². The molecular formula is C8H10ClNOS. The molecule has 2 nitrogen and oxygen atoms in total. The molecule has 1 aromatic heterocycles. The molecule has 0 amide bonds. The number of carbonyl (C=O) groups excluding carboxylic acids is 1. The van der Waals surface area contributed by atoms with E-state index in [4.69, 9.17) is 0 Å². The number of aldehydes is 1. The van der Waals surface area contributed by atoms with Gasteiger partial charge in [-0.05, 0) is 18.5 Å². The number of carbonyl (C=O) groups is 1. The van der Waals surface area contributed by atoms with Gasteiger partial charge in [0.15, 0.2) is 6.29 Å². The first kappa shape index (κ1) is 9.71. The average molecular weight is 204 g/mol. The Kier molecular flexibility index (Phi) is 3.26. The van der Waals surface area contributed by atoms with Crippen molar-refractivity contribution in [1.29, 1.82) is 0 Å². The maximum Gasteiger partial charge on any atom is 0.151 e. The molecule has 4 heteroatoms. The van der Waals surface area contributed by atoms with Crippen molar-refractivity contribution in [3.63, 3.8) is 0 Å². The first-order valence-corrected chi connectivity index (χ1v) is 4.55. The number of hydrogen-bond donors (Lipinski definition) is 1. The molecule has 0 unspecified atom stereocenters. The van der Waals surface area contributed by atoms with E-state index in [1.165, 1.54) is 10.4 Å². The normalized spacial score (nSPS) is 14.7. The summed E-state index contributed by atoms with van der Waals surface area (Å²) >= 11 is 1.68. The Balaban J connectivity index is 0.000000720. The predicted molar refractivity (Wildman–Crippen MR) is 52.4 cm³/mol. The van der Waals surface area contributed by atoms with E-state index in [2.05, 4.69) is 5.32 Å². The molecule has 1 aliphatic heterocycles. The van der Waals surface area contributed by atoms with Crippen LogP contribution in [0.3, 0.4) is 0 Å². The van der Waals surface area contributed by atoms with Crippen molar-refractivity contribution < 1.29 is 4.79 Å². The van der Waals surface area contributed by atoms with Crippen LogP contribution in [-0.4, -0.2) is 12.8 Å². The lowest BCUT2D eigenvalue weighted by Crippen LogP contribution is -2.22. The molecule has 1 N–H and O–H groups in total. The van der Waals surface area contributed by atoms with Gasteiger partial charge in [-0.25, -0.2) is 0 Å². The van der Waals surface area contributed by atoms with E-state index in [-0.39, 0.29) is 12.4 Å². The molecule has 66 valence electrons. The molecule has 0 bridgehead atoms. The van der Waals surface area contributed by atoms with E-state index in [0.717, 1.165) is 31.4 Å². The van der Waals surface area contributed by atoms with Crippen molar-refractivity contribution in [3.8, 4) is 0 Å². The predicted octanol–water partition coefficient (Wildman–Crippen LogP) is 1.63. The Morgan fingerprint density at radius 1 is 1.58 bits per heavy atom. The van der Waals surface area contributed by atoms with Crippen LogP contribution in [0.15, 0.2) is 5.38 Å². The molecular weight excluding hydrogens is 194 g/mol. The molecule has 0 radical (unpaired) electrons. The van der Waals surface area contributed by atoms with E-state index in [1.54, 1.807) is 11.3 Å². The fourth-order valence-corrected chi connectivity index (χ4v) is 2.40. The highest BCUT2D eigenvalue weighted by molar-refractivity contribution is 7.10. The largest absolute Gasteiger partial charge is 0.312 e. The molecule has 1 aromatic rings. The van der Waals surface area contributed by atoms with Gasteiger partial charge in [0, 0.05) is 22.4 Å². The minimum Gasteiger partial charge on any atom is -0.312 e. The standard InChI is InChI=1S/C8H9NOS.ClH/c10-4-6-5-11-8-3-9-2-1-7(6)8;/h4-5,9H,1-3H2;1H. The summed E-state index contributed by atoms with van der Waals surface area (Å²) < 4.78 is 0. The fraction of sp³-hybridized carbons (Fsp3) is 0.375. The molecule has 1 aliphatic rings. The summed E-state index contributed by atoms with van der Waals surface area (Å²) in [5, 5.41) is 5.22. The van der Waals surface area contributed by atoms with E-state index >= 15 is 0 Å². The first-order chi connectivity index (χ1) is 5.42. The van der Waals surface area contributed by atoms with Crippen molar-refractivity contribution in [2.75, 3.05) is 6.54 Å². The van der Waals surface area contributed by atoms with Crippen molar-refractivity contribution in [1.82, 2.24) is 5.32 Å². The van der Waals surface area contributed by atoms with Gasteiger partial charge in [0.1, 0.15) is 0 Å². The second kappa shape index (κ2) is 4.03. The summed E-state index contributed by atoms with van der Waals surface area (Å²) in [6.45, 7) is 1.94. The summed E-state index contributed by atoms with van der Waals surface area (Å²) in [6.07, 6.45) is 1.97. The van der Waals surface area contributed by atoms with Crippen molar-refractivity contribution in [2.45, 2.75) is 13.0 Å². The lowest BCUT2D eigenvalue weighted by molar-refractivity contribution is 0.112. The zero-order valence-corrected chi connectivity index (χ0v) is 8.13. The Hall–Kier alpha value is -0.380. The Labute approximate surface area is 81.4 Å². The highest BCUT2D eigenvalue weighted by Crippen LogP contribution is 2.23. The number of thiophene rings is 1. The maximum absolute atomic E-state index is 10.5. The first-order valence-electron chi connectivity index (χ1n) is 3.67. The van der Waals surface area contributed by atoms with Gasteiger partial charge < -0.3 is 5.32 Å². The summed E-state index contributed by atoms with van der Waals surface area (Å²) in [5.74, 6) is 0. The number of halogens is 1. The molecule has 0 spiro atoms. The van der Waals surface area contributed by atoms with Crippen LogP contribution >= 0.6 is 23.7 Å². The molecule has 0 aromatic carbocycles. The van der Waals surface area contributed by atoms with E-state index in [1.807, 2.05) is 5.38 Å². The van der Waals surface area contributed by atoms with Crippen molar-refractivity contribution >= 4 is 30.0 Å². The monoisotopic (exact) mass is 203 g/mol. The van der Waals surface area contributed by atoms with Gasteiger partial charge in [0.05, 0.1) is 0 Å². The topological polar surface area (TPSA) is 29.1 Å². The molecule has 2 rings (SSSR count). The lowest BCUT2D eigenvalue weighted by atomic mass is 10.1. The second-order valence-electron chi connectivity index (χ2n) is 2.64. The zero-order chi connectivity index (χ0) is 7.68. The minimum absolute atomic E-state index is 0. The molecule has 0 fully saturated rings. The highest BCUT2D eigenvalue weighted by Gasteiger charge is 2.13. The second-order valence-corrected chi connectivity index (χ2v) is 3.60. The summed E-state index contributed by atoms with van der Waals surface area (Å²) in [4.78, 5) is 11.9. The van der Waals surface area contributed by atoms with Gasteiger partial charge in [-0.2, -0.15) is 0 Å². The zero-order valence-electron chi connectivity index (χ0n) is 6.50. The summed E-state index contributed by atoms with van der Waals surface area (Å²) in [5.41, 5.74) is 2.16. The molecule has 0 aliphatic carbocycles. The third kappa shape index (κ3) is 1.53. The summed E-state index contributed by atoms with van der Waals surface area (Å²) in [6, 6.07) is 0. The maximum atomic E-state index is 10.5. The average Bonchev–Trinajstić information content (AvgIpc) is 2.47. The SMILES string of the molecule is Cl.O=Cc1csc2c1CCNC2. The van der Waals surface area contributed by atoms with Gasteiger partial charge >= 0.3 is 0 Å². The third-order valence-electron chi connectivity index (χ3n) is 1.98. The fourth-order valence-electron chi connectivity index (χ4n) is 1.38. The number of fused-ring (bicyclic) bond motifs is 1. The van der Waals surface area contributed by atoms with Gasteiger partial charge in [0.2, 0.25) is 0 Å². The molecule has 0 saturated heterocycles. The Morgan fingerprint density at radius 3 is 3.17 bits per heavy atom. The highest BCUT2D eigenvalue weighted by atomic mass is 35.5. The molecule has 0 atom stereocenters. The number of rotatable bonds is 1. The van der Waals surface area contributed by atoms with E-state index in [9.17, 15) is 4.79 Å². The van der Waals surface area contributed by atoms with Crippen LogP contribution in [0.4, 0.5) is 0 Å². The third-order valence-corrected chi connectivity index (χ3v) is 3.02. The number of hydrogen-bond acceptors (Lipinski definition) is 3. The van der Waals surface area contributed by atoms with Crippen molar-refractivity contribution in [3.05, 3.63) is 21.4 Å². The Morgan fingerprint density at radius 2 is 2.42 bits per heavy atom. The Bertz CT molecular complexity index is 285. The molecule has 0 saturated carbocycles.